The zero-order chi connectivity index (χ0) is 23.4. The highest BCUT2D eigenvalue weighted by atomic mass is 32.3. The predicted octanol–water partition coefficient (Wildman–Crippen LogP) is 3.18. The summed E-state index contributed by atoms with van der Waals surface area (Å²) in [6.45, 7) is 0. The first-order chi connectivity index (χ1) is 11.7. The van der Waals surface area contributed by atoms with E-state index in [1.165, 1.54) is 8.37 Å². The lowest BCUT2D eigenvalue weighted by Gasteiger charge is -2.39. The lowest BCUT2D eigenvalue weighted by Crippen LogP contribution is -2.71. The Balaban J connectivity index is 6.51. The maximum absolute atomic E-state index is 13.0. The van der Waals surface area contributed by atoms with Gasteiger partial charge in [-0.3, -0.25) is 0 Å². The Morgan fingerprint density at radius 2 is 0.607 bits per heavy atom. The van der Waals surface area contributed by atoms with Crippen molar-refractivity contribution in [3.8, 4) is 0 Å². The molecule has 0 saturated heterocycles. The van der Waals surface area contributed by atoms with Gasteiger partial charge in [0.15, 0.2) is 0 Å². The second kappa shape index (κ2) is 6.68. The number of hydrogen-bond donors (Lipinski definition) is 0. The summed E-state index contributed by atoms with van der Waals surface area (Å²) in [5.41, 5.74) is 0. The average Bonchev–Trinajstić information content (AvgIpc) is 2.31. The fourth-order valence-electron chi connectivity index (χ4n) is 1.11. The van der Waals surface area contributed by atoms with Crippen LogP contribution in [0.15, 0.2) is 0 Å². The van der Waals surface area contributed by atoms with Crippen molar-refractivity contribution in [3.63, 3.8) is 0 Å². The van der Waals surface area contributed by atoms with Gasteiger partial charge in [0.1, 0.15) is 0 Å². The molecule has 0 unspecified atom stereocenters. The van der Waals surface area contributed by atoms with Crippen molar-refractivity contribution in [2.75, 3.05) is 0 Å². The van der Waals surface area contributed by atoms with Crippen molar-refractivity contribution in [2.24, 2.45) is 0 Å². The summed E-state index contributed by atoms with van der Waals surface area (Å²) in [6, 6.07) is 0. The van der Waals surface area contributed by atoms with E-state index in [1.807, 2.05) is 0 Å². The van der Waals surface area contributed by atoms with Crippen LogP contribution in [-0.4, -0.2) is 52.7 Å². The third kappa shape index (κ3) is 4.53. The van der Waals surface area contributed by atoms with Crippen LogP contribution >= 0.6 is 0 Å². The van der Waals surface area contributed by atoms with E-state index in [4.69, 9.17) is 0 Å². The van der Waals surface area contributed by atoms with Crippen LogP contribution in [0.25, 0.3) is 0 Å². The summed E-state index contributed by atoms with van der Waals surface area (Å²) in [7, 11) is -14.7. The summed E-state index contributed by atoms with van der Waals surface area (Å²) < 4.78 is 219. The van der Waals surface area contributed by atoms with E-state index in [-0.39, 0.29) is 0 Å². The standard InChI is InChI=1S/C6F14O6S2/c7-1(8,3(11,12)5(15,16)25-27(19,21)22)2(9,10)4(13,14)6(17,18)26-28(20,23)24. The molecule has 0 atom stereocenters. The Labute approximate surface area is 143 Å². The number of rotatable bonds is 9. The van der Waals surface area contributed by atoms with Crippen LogP contribution in [0, 0.1) is 0 Å². The summed E-state index contributed by atoms with van der Waals surface area (Å²) in [5.74, 6) is -33.2. The summed E-state index contributed by atoms with van der Waals surface area (Å²) in [5, 5.41) is 0. The van der Waals surface area contributed by atoms with Gasteiger partial charge in [0.05, 0.1) is 0 Å². The molecule has 0 aliphatic carbocycles. The first-order valence-corrected chi connectivity index (χ1v) is 7.85. The lowest BCUT2D eigenvalue weighted by molar-refractivity contribution is -0.461. The van der Waals surface area contributed by atoms with E-state index in [1.54, 1.807) is 0 Å². The number of halogens is 14. The first-order valence-electron chi connectivity index (χ1n) is 5.23. The molecule has 0 amide bonds. The van der Waals surface area contributed by atoms with Gasteiger partial charge in [-0.05, 0) is 0 Å². The summed E-state index contributed by atoms with van der Waals surface area (Å²) in [6.07, 6.45) is -15.2. The monoisotopic (exact) mass is 498 g/mol. The van der Waals surface area contributed by atoms with Crippen molar-refractivity contribution in [1.82, 2.24) is 0 Å². The SMILES string of the molecule is O=S(=O)(F)OC(F)(F)C(F)(F)C(F)(F)C(F)(F)C(F)(F)C(F)(F)OS(=O)(=O)F. The van der Waals surface area contributed by atoms with Gasteiger partial charge in [-0.25, -0.2) is 0 Å². The second-order valence-electron chi connectivity index (χ2n) is 4.28. The van der Waals surface area contributed by atoms with Gasteiger partial charge in [-0.1, -0.05) is 7.77 Å². The first kappa shape index (κ1) is 26.8. The van der Waals surface area contributed by atoms with Gasteiger partial charge in [0.25, 0.3) is 0 Å². The van der Waals surface area contributed by atoms with E-state index in [0.29, 0.717) is 0 Å². The molecule has 0 fully saturated rings. The van der Waals surface area contributed by atoms with Crippen molar-refractivity contribution >= 4 is 21.0 Å². The molecule has 170 valence electrons. The molecule has 0 aromatic rings. The molecule has 6 nitrogen and oxygen atoms in total. The van der Waals surface area contributed by atoms with Crippen molar-refractivity contribution in [2.45, 2.75) is 35.9 Å². The van der Waals surface area contributed by atoms with Crippen LogP contribution in [0.1, 0.15) is 0 Å². The van der Waals surface area contributed by atoms with E-state index in [0.717, 1.165) is 0 Å². The van der Waals surface area contributed by atoms with Gasteiger partial charge in [-0.15, -0.1) is 0 Å². The molecule has 0 aliphatic heterocycles. The molecule has 0 saturated carbocycles. The zero-order valence-electron chi connectivity index (χ0n) is 11.6. The van der Waals surface area contributed by atoms with Crippen molar-refractivity contribution in [3.05, 3.63) is 0 Å². The molecule has 0 aromatic carbocycles. The third-order valence-corrected chi connectivity index (χ3v) is 3.14. The highest BCUT2D eigenvalue weighted by molar-refractivity contribution is 7.81. The Bertz CT molecular complexity index is 732. The minimum absolute atomic E-state index is 1.44. The predicted molar refractivity (Wildman–Crippen MR) is 51.9 cm³/mol. The van der Waals surface area contributed by atoms with Gasteiger partial charge in [0, 0.05) is 0 Å². The molecule has 0 aliphatic rings. The largest absolute Gasteiger partial charge is 0.442 e. The van der Waals surface area contributed by atoms with E-state index in [2.05, 4.69) is 0 Å². The molecule has 22 heteroatoms. The molecule has 0 heterocycles. The minimum Gasteiger partial charge on any atom is -0.192 e. The van der Waals surface area contributed by atoms with Crippen molar-refractivity contribution < 1.29 is 85.7 Å². The molecule has 0 bridgehead atoms. The molecule has 0 aromatic heterocycles. The average molecular weight is 498 g/mol. The van der Waals surface area contributed by atoms with E-state index >= 15 is 0 Å². The van der Waals surface area contributed by atoms with E-state index < -0.39 is 56.9 Å². The Morgan fingerprint density at radius 1 is 0.429 bits per heavy atom. The normalized spacial score (nSPS) is 16.4. The topological polar surface area (TPSA) is 86.7 Å². The smallest absolute Gasteiger partial charge is 0.192 e. The van der Waals surface area contributed by atoms with Gasteiger partial charge in [0.2, 0.25) is 0 Å². The molecular formula is C6F14O6S2. The van der Waals surface area contributed by atoms with Crippen LogP contribution in [-0.2, 0) is 29.4 Å². The van der Waals surface area contributed by atoms with Gasteiger partial charge < -0.3 is 0 Å². The summed E-state index contributed by atoms with van der Waals surface area (Å²) in [4.78, 5) is 0. The van der Waals surface area contributed by atoms with Crippen LogP contribution in [0.2, 0.25) is 0 Å². The fourth-order valence-corrected chi connectivity index (χ4v) is 1.82. The molecule has 0 radical (unpaired) electrons. The van der Waals surface area contributed by atoms with Crippen LogP contribution in [0.4, 0.5) is 60.5 Å². The third-order valence-electron chi connectivity index (χ3n) is 2.32. The van der Waals surface area contributed by atoms with Crippen LogP contribution in [0.3, 0.4) is 0 Å². The highest BCUT2D eigenvalue weighted by Gasteiger charge is 2.92. The van der Waals surface area contributed by atoms with Crippen molar-refractivity contribution in [1.29, 1.82) is 0 Å². The maximum atomic E-state index is 13.0. The minimum atomic E-state index is -8.44. The number of alkyl halides is 12. The van der Waals surface area contributed by atoms with Gasteiger partial charge >= 0.3 is 56.9 Å². The Hall–Kier alpha value is -1.16. The molecule has 0 spiro atoms. The Kier molecular flexibility index (Phi) is 6.41. The van der Waals surface area contributed by atoms with Crippen LogP contribution in [0.5, 0.6) is 0 Å². The van der Waals surface area contributed by atoms with E-state index in [9.17, 15) is 77.3 Å². The maximum Gasteiger partial charge on any atom is 0.442 e. The lowest BCUT2D eigenvalue weighted by atomic mass is 9.97. The highest BCUT2D eigenvalue weighted by Crippen LogP contribution is 2.60. The molecule has 0 rings (SSSR count). The van der Waals surface area contributed by atoms with Crippen LogP contribution < -0.4 is 0 Å². The fraction of sp³-hybridized carbons (Fsp3) is 1.00. The summed E-state index contributed by atoms with van der Waals surface area (Å²) >= 11 is 0. The molecule has 0 N–H and O–H groups in total. The molecule has 28 heavy (non-hydrogen) atoms. The molecular weight excluding hydrogens is 498 g/mol. The number of hydrogen-bond acceptors (Lipinski definition) is 6. The second-order valence-corrected chi connectivity index (χ2v) is 6.19. The van der Waals surface area contributed by atoms with Gasteiger partial charge in [-0.2, -0.15) is 77.9 Å². The zero-order valence-corrected chi connectivity index (χ0v) is 13.2. The Morgan fingerprint density at radius 3 is 0.750 bits per heavy atom. The quantitative estimate of drug-likeness (QED) is 0.359.